The van der Waals surface area contributed by atoms with E-state index in [0.717, 1.165) is 6.42 Å². The highest BCUT2D eigenvalue weighted by atomic mass is 28.4. The molecule has 0 radical (unpaired) electrons. The Balaban J connectivity index is 2.85. The molecule has 0 spiro atoms. The van der Waals surface area contributed by atoms with Crippen LogP contribution >= 0.6 is 0 Å². The SMILES string of the molecule is C=C=C(C)C1C=C(O[Si](C)(C)C(C)(C)C)CCC1. The van der Waals surface area contributed by atoms with Crippen molar-refractivity contribution in [3.8, 4) is 0 Å². The Hall–Kier alpha value is -0.723. The van der Waals surface area contributed by atoms with Gasteiger partial charge in [0.1, 0.15) is 0 Å². The molecule has 1 aliphatic carbocycles. The Labute approximate surface area is 114 Å². The molecule has 0 fully saturated rings. The van der Waals surface area contributed by atoms with E-state index in [1.807, 2.05) is 0 Å². The van der Waals surface area contributed by atoms with Crippen molar-refractivity contribution < 1.29 is 4.43 Å². The van der Waals surface area contributed by atoms with E-state index in [2.05, 4.69) is 59.2 Å². The van der Waals surface area contributed by atoms with E-state index in [4.69, 9.17) is 4.43 Å². The summed E-state index contributed by atoms with van der Waals surface area (Å²) in [4.78, 5) is 0. The van der Waals surface area contributed by atoms with Crippen LogP contribution < -0.4 is 0 Å². The minimum Gasteiger partial charge on any atom is -0.547 e. The molecule has 0 aromatic heterocycles. The van der Waals surface area contributed by atoms with Gasteiger partial charge in [-0.1, -0.05) is 27.4 Å². The monoisotopic (exact) mass is 264 g/mol. The van der Waals surface area contributed by atoms with Gasteiger partial charge in [0.2, 0.25) is 8.32 Å². The van der Waals surface area contributed by atoms with Gasteiger partial charge >= 0.3 is 0 Å². The lowest BCUT2D eigenvalue weighted by molar-refractivity contribution is 0.342. The second-order valence-electron chi connectivity index (χ2n) is 6.85. The van der Waals surface area contributed by atoms with Gasteiger partial charge in [-0.15, -0.1) is 5.73 Å². The minimum atomic E-state index is -1.68. The van der Waals surface area contributed by atoms with Gasteiger partial charge in [0.05, 0.1) is 5.76 Å². The second kappa shape index (κ2) is 5.50. The standard InChI is InChI=1S/C16H28OSi/c1-8-13(2)14-10-9-11-15(12-14)17-18(6,7)16(3,4)5/h12,14H,1,9-11H2,2-7H3. The number of hydrogen-bond acceptors (Lipinski definition) is 1. The van der Waals surface area contributed by atoms with E-state index in [9.17, 15) is 0 Å². The van der Waals surface area contributed by atoms with Gasteiger partial charge in [-0.05, 0) is 49.5 Å². The largest absolute Gasteiger partial charge is 0.547 e. The Kier molecular flexibility index (Phi) is 4.69. The predicted octanol–water partition coefficient (Wildman–Crippen LogP) is 5.42. The van der Waals surface area contributed by atoms with E-state index in [1.165, 1.54) is 24.2 Å². The molecule has 0 aromatic rings. The van der Waals surface area contributed by atoms with E-state index < -0.39 is 8.32 Å². The molecule has 18 heavy (non-hydrogen) atoms. The van der Waals surface area contributed by atoms with Crippen molar-refractivity contribution in [1.29, 1.82) is 0 Å². The molecule has 0 heterocycles. The third-order valence-electron chi connectivity index (χ3n) is 4.35. The fourth-order valence-corrected chi connectivity index (χ4v) is 3.06. The van der Waals surface area contributed by atoms with Crippen LogP contribution in [-0.4, -0.2) is 8.32 Å². The van der Waals surface area contributed by atoms with Crippen LogP contribution in [0.3, 0.4) is 0 Å². The predicted molar refractivity (Wildman–Crippen MR) is 82.0 cm³/mol. The van der Waals surface area contributed by atoms with Gasteiger partial charge in [-0.2, -0.15) is 0 Å². The molecular formula is C16H28OSi. The summed E-state index contributed by atoms with van der Waals surface area (Å²) >= 11 is 0. The molecular weight excluding hydrogens is 236 g/mol. The summed E-state index contributed by atoms with van der Waals surface area (Å²) < 4.78 is 6.41. The lowest BCUT2D eigenvalue weighted by atomic mass is 9.89. The van der Waals surface area contributed by atoms with Crippen LogP contribution in [0.15, 0.2) is 29.7 Å². The maximum atomic E-state index is 6.41. The van der Waals surface area contributed by atoms with Crippen LogP contribution in [0.5, 0.6) is 0 Å². The lowest BCUT2D eigenvalue weighted by Gasteiger charge is -2.38. The van der Waals surface area contributed by atoms with E-state index >= 15 is 0 Å². The number of hydrogen-bond donors (Lipinski definition) is 0. The summed E-state index contributed by atoms with van der Waals surface area (Å²) in [6, 6.07) is 0. The van der Waals surface area contributed by atoms with Crippen molar-refractivity contribution in [2.24, 2.45) is 5.92 Å². The number of rotatable bonds is 3. The average Bonchev–Trinajstić information content (AvgIpc) is 2.26. The molecule has 1 rings (SSSR count). The molecule has 1 nitrogen and oxygen atoms in total. The molecule has 0 aliphatic heterocycles. The zero-order valence-electron chi connectivity index (χ0n) is 12.9. The third-order valence-corrected chi connectivity index (χ3v) is 8.74. The highest BCUT2D eigenvalue weighted by molar-refractivity contribution is 6.74. The summed E-state index contributed by atoms with van der Waals surface area (Å²) in [6.45, 7) is 17.4. The maximum Gasteiger partial charge on any atom is 0.250 e. The number of allylic oxidation sites excluding steroid dienone is 3. The Morgan fingerprint density at radius 1 is 1.44 bits per heavy atom. The topological polar surface area (TPSA) is 9.23 Å². The van der Waals surface area contributed by atoms with Gasteiger partial charge in [0.25, 0.3) is 0 Å². The van der Waals surface area contributed by atoms with E-state index in [-0.39, 0.29) is 5.04 Å². The Bertz CT molecular complexity index is 378. The molecule has 1 aliphatic rings. The third kappa shape index (κ3) is 3.63. The quantitative estimate of drug-likeness (QED) is 0.488. The van der Waals surface area contributed by atoms with Gasteiger partial charge < -0.3 is 4.43 Å². The van der Waals surface area contributed by atoms with Crippen LogP contribution in [0.2, 0.25) is 18.1 Å². The van der Waals surface area contributed by atoms with Crippen LogP contribution in [0, 0.1) is 5.92 Å². The van der Waals surface area contributed by atoms with Gasteiger partial charge in [-0.25, -0.2) is 0 Å². The highest BCUT2D eigenvalue weighted by Crippen LogP contribution is 2.40. The normalized spacial score (nSPS) is 21.0. The second-order valence-corrected chi connectivity index (χ2v) is 11.6. The zero-order valence-corrected chi connectivity index (χ0v) is 13.9. The summed E-state index contributed by atoms with van der Waals surface area (Å²) in [7, 11) is -1.68. The first-order chi connectivity index (χ1) is 8.17. The van der Waals surface area contributed by atoms with Crippen molar-refractivity contribution in [2.75, 3.05) is 0 Å². The van der Waals surface area contributed by atoms with Crippen molar-refractivity contribution in [1.82, 2.24) is 0 Å². The Morgan fingerprint density at radius 3 is 2.56 bits per heavy atom. The summed E-state index contributed by atoms with van der Waals surface area (Å²) in [6.07, 6.45) is 5.81. The average molecular weight is 264 g/mol. The smallest absolute Gasteiger partial charge is 0.250 e. The van der Waals surface area contributed by atoms with Crippen LogP contribution in [0.1, 0.15) is 47.0 Å². The molecule has 102 valence electrons. The first kappa shape index (κ1) is 15.3. The summed E-state index contributed by atoms with van der Waals surface area (Å²) in [5, 5.41) is 0.268. The maximum absolute atomic E-state index is 6.41. The first-order valence-electron chi connectivity index (χ1n) is 6.93. The van der Waals surface area contributed by atoms with Crippen LogP contribution in [-0.2, 0) is 4.43 Å². The highest BCUT2D eigenvalue weighted by Gasteiger charge is 2.39. The zero-order chi connectivity index (χ0) is 14.0. The molecule has 0 N–H and O–H groups in total. The summed E-state index contributed by atoms with van der Waals surface area (Å²) in [5.41, 5.74) is 4.27. The molecule has 0 aromatic carbocycles. The van der Waals surface area contributed by atoms with E-state index in [0.29, 0.717) is 5.92 Å². The molecule has 2 heteroatoms. The lowest BCUT2D eigenvalue weighted by Crippen LogP contribution is -2.40. The van der Waals surface area contributed by atoms with Crippen LogP contribution in [0.4, 0.5) is 0 Å². The Morgan fingerprint density at radius 2 is 2.06 bits per heavy atom. The molecule has 0 saturated carbocycles. The van der Waals surface area contributed by atoms with Gasteiger partial charge in [0.15, 0.2) is 0 Å². The first-order valence-corrected chi connectivity index (χ1v) is 9.84. The van der Waals surface area contributed by atoms with Gasteiger partial charge in [0, 0.05) is 12.3 Å². The summed E-state index contributed by atoms with van der Waals surface area (Å²) in [5.74, 6) is 1.68. The van der Waals surface area contributed by atoms with Crippen molar-refractivity contribution >= 4 is 8.32 Å². The molecule has 1 atom stereocenters. The van der Waals surface area contributed by atoms with Gasteiger partial charge in [-0.3, -0.25) is 0 Å². The fourth-order valence-electron chi connectivity index (χ4n) is 1.93. The molecule has 1 unspecified atom stereocenters. The van der Waals surface area contributed by atoms with Crippen LogP contribution in [0.25, 0.3) is 0 Å². The minimum absolute atomic E-state index is 0.268. The fraction of sp³-hybridized carbons (Fsp3) is 0.688. The molecule has 0 amide bonds. The molecule has 0 bridgehead atoms. The van der Waals surface area contributed by atoms with Crippen molar-refractivity contribution in [3.05, 3.63) is 29.7 Å². The van der Waals surface area contributed by atoms with E-state index in [1.54, 1.807) is 0 Å². The van der Waals surface area contributed by atoms with Crippen molar-refractivity contribution in [3.63, 3.8) is 0 Å². The molecule has 0 saturated heterocycles. The van der Waals surface area contributed by atoms with Crippen molar-refractivity contribution in [2.45, 2.75) is 65.1 Å².